The lowest BCUT2D eigenvalue weighted by Crippen LogP contribution is -2.18. The zero-order valence-corrected chi connectivity index (χ0v) is 9.87. The highest BCUT2D eigenvalue weighted by Crippen LogP contribution is 2.08. The minimum Gasteiger partial charge on any atom is -0.357 e. The largest absolute Gasteiger partial charge is 0.357 e. The molecule has 0 radical (unpaired) electrons. The Labute approximate surface area is 95.1 Å². The molecule has 1 aromatic carbocycles. The van der Waals surface area contributed by atoms with Crippen LogP contribution in [0.5, 0.6) is 0 Å². The fourth-order valence-corrected chi connectivity index (χ4v) is 1.33. The van der Waals surface area contributed by atoms with E-state index < -0.39 is 0 Å². The van der Waals surface area contributed by atoms with Crippen molar-refractivity contribution in [2.24, 2.45) is 0 Å². The molecule has 0 saturated carbocycles. The van der Waals surface area contributed by atoms with Crippen LogP contribution in [0.25, 0.3) is 11.0 Å². The Bertz CT molecular complexity index is 429. The van der Waals surface area contributed by atoms with Gasteiger partial charge in [0.25, 0.3) is 0 Å². The van der Waals surface area contributed by atoms with Gasteiger partial charge >= 0.3 is 0 Å². The average molecular weight is 219 g/mol. The van der Waals surface area contributed by atoms with Crippen LogP contribution in [0.1, 0.15) is 19.7 Å². The zero-order valence-electron chi connectivity index (χ0n) is 9.87. The molecule has 4 heteroatoms. The van der Waals surface area contributed by atoms with E-state index in [1.54, 1.807) is 0 Å². The minimum atomic E-state index is 0.0394. The lowest BCUT2D eigenvalue weighted by atomic mass is 10.3. The number of nitrogens with zero attached hydrogens (tertiary/aromatic N) is 1. The number of H-pyrrole nitrogens is 1. The van der Waals surface area contributed by atoms with E-state index in [0.29, 0.717) is 0 Å². The number of fused-ring (bicyclic) bond motifs is 1. The van der Waals surface area contributed by atoms with Gasteiger partial charge < -0.3 is 10.3 Å². The van der Waals surface area contributed by atoms with Gasteiger partial charge in [-0.15, -0.1) is 0 Å². The molecule has 1 heterocycles. The summed E-state index contributed by atoms with van der Waals surface area (Å²) in [7, 11) is 0. The first-order chi connectivity index (χ1) is 7.63. The second kappa shape index (κ2) is 5.90. The highest BCUT2D eigenvalue weighted by molar-refractivity contribution is 5.74. The third kappa shape index (κ3) is 3.73. The van der Waals surface area contributed by atoms with Crippen molar-refractivity contribution in [2.75, 3.05) is 6.54 Å². The van der Waals surface area contributed by atoms with Gasteiger partial charge in [0.2, 0.25) is 5.91 Å². The van der Waals surface area contributed by atoms with Crippen molar-refractivity contribution in [1.29, 1.82) is 0 Å². The molecular formula is C12H17N3O. The minimum absolute atomic E-state index is 0.0394. The second-order valence-electron chi connectivity index (χ2n) is 3.43. The topological polar surface area (TPSA) is 57.8 Å². The summed E-state index contributed by atoms with van der Waals surface area (Å²) in [5, 5.41) is 2.57. The lowest BCUT2D eigenvalue weighted by Gasteiger charge is -1.88. The third-order valence-corrected chi connectivity index (χ3v) is 1.93. The molecule has 2 aromatic rings. The zero-order chi connectivity index (χ0) is 12.0. The van der Waals surface area contributed by atoms with Crippen molar-refractivity contribution in [3.8, 4) is 0 Å². The van der Waals surface area contributed by atoms with Crippen LogP contribution in [0.3, 0.4) is 0 Å². The number of aryl methyl sites for hydroxylation is 1. The van der Waals surface area contributed by atoms with Crippen molar-refractivity contribution in [1.82, 2.24) is 15.3 Å². The van der Waals surface area contributed by atoms with Gasteiger partial charge in [-0.25, -0.2) is 4.98 Å². The molecule has 0 atom stereocenters. The molecule has 4 nitrogen and oxygen atoms in total. The lowest BCUT2D eigenvalue weighted by molar-refractivity contribution is -0.118. The van der Waals surface area contributed by atoms with E-state index in [4.69, 9.17) is 0 Å². The molecule has 0 aliphatic heterocycles. The normalized spacial score (nSPS) is 9.44. The summed E-state index contributed by atoms with van der Waals surface area (Å²) >= 11 is 0. The molecule has 0 fully saturated rings. The number of amides is 1. The number of hydrogen-bond donors (Lipinski definition) is 2. The summed E-state index contributed by atoms with van der Waals surface area (Å²) in [4.78, 5) is 17.3. The molecule has 2 N–H and O–H groups in total. The summed E-state index contributed by atoms with van der Waals surface area (Å²) in [5.41, 5.74) is 2.15. The quantitative estimate of drug-likeness (QED) is 0.770. The van der Waals surface area contributed by atoms with Crippen LogP contribution in [0.2, 0.25) is 0 Å². The fourth-order valence-electron chi connectivity index (χ4n) is 1.33. The SMILES string of the molecule is CCNC(C)=O.Cc1nc2ccccc2[nH]1. The fraction of sp³-hybridized carbons (Fsp3) is 0.333. The van der Waals surface area contributed by atoms with Crippen LogP contribution in [0.4, 0.5) is 0 Å². The number of carbonyl (C=O) groups is 1. The first-order valence-corrected chi connectivity index (χ1v) is 5.29. The van der Waals surface area contributed by atoms with Crippen molar-refractivity contribution < 1.29 is 4.79 Å². The predicted octanol–water partition coefficient (Wildman–Crippen LogP) is 2.01. The predicted molar refractivity (Wildman–Crippen MR) is 65.2 cm³/mol. The van der Waals surface area contributed by atoms with Crippen LogP contribution >= 0.6 is 0 Å². The van der Waals surface area contributed by atoms with E-state index in [1.165, 1.54) is 6.92 Å². The van der Waals surface area contributed by atoms with Gasteiger partial charge in [-0.3, -0.25) is 4.79 Å². The van der Waals surface area contributed by atoms with Crippen LogP contribution in [0, 0.1) is 6.92 Å². The number of nitrogens with one attached hydrogen (secondary N) is 2. The molecule has 2 rings (SSSR count). The molecule has 0 saturated heterocycles. The van der Waals surface area contributed by atoms with E-state index in [0.717, 1.165) is 23.4 Å². The molecule has 0 spiro atoms. The van der Waals surface area contributed by atoms with E-state index >= 15 is 0 Å². The Morgan fingerprint density at radius 1 is 1.44 bits per heavy atom. The van der Waals surface area contributed by atoms with E-state index in [1.807, 2.05) is 38.1 Å². The summed E-state index contributed by atoms with van der Waals surface area (Å²) in [6.45, 7) is 6.08. The second-order valence-corrected chi connectivity index (χ2v) is 3.43. The monoisotopic (exact) mass is 219 g/mol. The molecule has 16 heavy (non-hydrogen) atoms. The van der Waals surface area contributed by atoms with Crippen molar-refractivity contribution in [3.05, 3.63) is 30.1 Å². The highest BCUT2D eigenvalue weighted by Gasteiger charge is 1.93. The van der Waals surface area contributed by atoms with Crippen LogP contribution < -0.4 is 5.32 Å². The van der Waals surface area contributed by atoms with Gasteiger partial charge in [0.1, 0.15) is 5.82 Å². The number of hydrogen-bond acceptors (Lipinski definition) is 2. The highest BCUT2D eigenvalue weighted by atomic mass is 16.1. The first kappa shape index (κ1) is 12.2. The van der Waals surface area contributed by atoms with E-state index in [2.05, 4.69) is 15.3 Å². The Hall–Kier alpha value is -1.84. The van der Waals surface area contributed by atoms with Crippen molar-refractivity contribution in [2.45, 2.75) is 20.8 Å². The molecular weight excluding hydrogens is 202 g/mol. The van der Waals surface area contributed by atoms with E-state index in [-0.39, 0.29) is 5.91 Å². The van der Waals surface area contributed by atoms with Crippen LogP contribution in [-0.2, 0) is 4.79 Å². The Kier molecular flexibility index (Phi) is 4.51. The number of carbonyl (C=O) groups excluding carboxylic acids is 1. The molecule has 1 amide bonds. The van der Waals surface area contributed by atoms with E-state index in [9.17, 15) is 4.79 Å². The number of rotatable bonds is 1. The van der Waals surface area contributed by atoms with Crippen LogP contribution in [-0.4, -0.2) is 22.4 Å². The van der Waals surface area contributed by atoms with Gasteiger partial charge in [0.15, 0.2) is 0 Å². The maximum atomic E-state index is 9.93. The van der Waals surface area contributed by atoms with Crippen molar-refractivity contribution in [3.63, 3.8) is 0 Å². The molecule has 0 bridgehead atoms. The first-order valence-electron chi connectivity index (χ1n) is 5.29. The van der Waals surface area contributed by atoms with Gasteiger partial charge in [-0.1, -0.05) is 12.1 Å². The summed E-state index contributed by atoms with van der Waals surface area (Å²) in [5.74, 6) is 1.01. The summed E-state index contributed by atoms with van der Waals surface area (Å²) < 4.78 is 0. The van der Waals surface area contributed by atoms with Gasteiger partial charge in [0.05, 0.1) is 11.0 Å². The van der Waals surface area contributed by atoms with Gasteiger partial charge in [-0.2, -0.15) is 0 Å². The number of imidazole rings is 1. The molecule has 0 unspecified atom stereocenters. The molecule has 0 aliphatic carbocycles. The molecule has 86 valence electrons. The smallest absolute Gasteiger partial charge is 0.216 e. The summed E-state index contributed by atoms with van der Waals surface area (Å²) in [6.07, 6.45) is 0. The van der Waals surface area contributed by atoms with Gasteiger partial charge in [0, 0.05) is 13.5 Å². The number of para-hydroxylation sites is 2. The maximum Gasteiger partial charge on any atom is 0.216 e. The molecule has 1 aromatic heterocycles. The number of benzene rings is 1. The third-order valence-electron chi connectivity index (χ3n) is 1.93. The van der Waals surface area contributed by atoms with Crippen molar-refractivity contribution >= 4 is 16.9 Å². The molecule has 0 aliphatic rings. The summed E-state index contributed by atoms with van der Waals surface area (Å²) in [6, 6.07) is 8.01. The van der Waals surface area contributed by atoms with Gasteiger partial charge in [-0.05, 0) is 26.0 Å². The number of aromatic amines is 1. The average Bonchev–Trinajstić information content (AvgIpc) is 2.58. The Balaban J connectivity index is 0.000000187. The Morgan fingerprint density at radius 2 is 2.12 bits per heavy atom. The van der Waals surface area contributed by atoms with Crippen LogP contribution in [0.15, 0.2) is 24.3 Å². The Morgan fingerprint density at radius 3 is 2.62 bits per heavy atom. The maximum absolute atomic E-state index is 9.93. The number of aromatic nitrogens is 2. The standard InChI is InChI=1S/C8H8N2.C4H9NO/c1-6-9-7-4-2-3-5-8(7)10-6;1-3-5-4(2)6/h2-5H,1H3,(H,9,10);3H2,1-2H3,(H,5,6).